The molecule has 1 aromatic carbocycles. The topological polar surface area (TPSA) is 51.2 Å². The van der Waals surface area contributed by atoms with Crippen molar-refractivity contribution in [3.63, 3.8) is 0 Å². The Morgan fingerprint density at radius 2 is 2.19 bits per heavy atom. The summed E-state index contributed by atoms with van der Waals surface area (Å²) in [5, 5.41) is 5.67. The molecule has 21 heavy (non-hydrogen) atoms. The van der Waals surface area contributed by atoms with Gasteiger partial charge in [0.25, 0.3) is 5.91 Å². The van der Waals surface area contributed by atoms with Gasteiger partial charge < -0.3 is 10.1 Å². The summed E-state index contributed by atoms with van der Waals surface area (Å²) in [4.78, 5) is 16.1. The molecule has 2 rings (SSSR count). The third kappa shape index (κ3) is 4.53. The first-order chi connectivity index (χ1) is 10.1. The minimum atomic E-state index is -0.480. The summed E-state index contributed by atoms with van der Waals surface area (Å²) in [6, 6.07) is 5.99. The third-order valence-corrected chi connectivity index (χ3v) is 3.92. The lowest BCUT2D eigenvalue weighted by atomic mass is 10.2. The maximum Gasteiger partial charge on any atom is 0.258 e. The Morgan fingerprint density at radius 3 is 2.86 bits per heavy atom. The lowest BCUT2D eigenvalue weighted by Gasteiger charge is -2.07. The summed E-state index contributed by atoms with van der Waals surface area (Å²) < 4.78 is 18.4. The zero-order chi connectivity index (χ0) is 15.2. The molecule has 0 fully saturated rings. The van der Waals surface area contributed by atoms with Gasteiger partial charge >= 0.3 is 0 Å². The van der Waals surface area contributed by atoms with Crippen molar-refractivity contribution in [2.45, 2.75) is 26.3 Å². The van der Waals surface area contributed by atoms with Gasteiger partial charge in [-0.05, 0) is 12.1 Å². The normalized spacial score (nSPS) is 10.7. The highest BCUT2D eigenvalue weighted by Gasteiger charge is 2.09. The summed E-state index contributed by atoms with van der Waals surface area (Å²) in [7, 11) is 0. The van der Waals surface area contributed by atoms with Gasteiger partial charge in [-0.25, -0.2) is 9.37 Å². The van der Waals surface area contributed by atoms with Crippen molar-refractivity contribution >= 4 is 17.2 Å². The number of rotatable bonds is 6. The van der Waals surface area contributed by atoms with E-state index in [0.29, 0.717) is 12.5 Å². The number of para-hydroxylation sites is 1. The van der Waals surface area contributed by atoms with Gasteiger partial charge in [0, 0.05) is 11.3 Å². The summed E-state index contributed by atoms with van der Waals surface area (Å²) in [6.07, 6.45) is 0. The van der Waals surface area contributed by atoms with Crippen LogP contribution in [-0.2, 0) is 11.3 Å². The molecule has 112 valence electrons. The Balaban J connectivity index is 1.78. The predicted octanol–water partition coefficient (Wildman–Crippen LogP) is 3.10. The van der Waals surface area contributed by atoms with Crippen LogP contribution in [0.5, 0.6) is 5.75 Å². The molecule has 0 radical (unpaired) electrons. The Bertz CT molecular complexity index is 613. The van der Waals surface area contributed by atoms with Crippen molar-refractivity contribution in [1.82, 2.24) is 10.3 Å². The molecular formula is C15H17FN2O2S. The van der Waals surface area contributed by atoms with Crippen LogP contribution in [-0.4, -0.2) is 17.5 Å². The fourth-order valence-corrected chi connectivity index (χ4v) is 2.45. The molecule has 1 aromatic heterocycles. The maximum absolute atomic E-state index is 13.3. The number of amides is 1. The first-order valence-corrected chi connectivity index (χ1v) is 7.52. The van der Waals surface area contributed by atoms with Gasteiger partial charge in [0.2, 0.25) is 0 Å². The van der Waals surface area contributed by atoms with Crippen molar-refractivity contribution in [1.29, 1.82) is 0 Å². The van der Waals surface area contributed by atoms with Crippen LogP contribution in [0.3, 0.4) is 0 Å². The van der Waals surface area contributed by atoms with Gasteiger partial charge in [-0.3, -0.25) is 4.79 Å². The number of nitrogens with zero attached hydrogens (tertiary/aromatic N) is 1. The first-order valence-electron chi connectivity index (χ1n) is 6.64. The van der Waals surface area contributed by atoms with Crippen LogP contribution in [0, 0.1) is 5.82 Å². The maximum atomic E-state index is 13.3. The minimum Gasteiger partial charge on any atom is -0.481 e. The number of nitrogens with one attached hydrogen (secondary N) is 1. The highest BCUT2D eigenvalue weighted by atomic mass is 32.1. The van der Waals surface area contributed by atoms with Crippen LogP contribution < -0.4 is 10.1 Å². The first kappa shape index (κ1) is 15.4. The smallest absolute Gasteiger partial charge is 0.258 e. The van der Waals surface area contributed by atoms with Crippen LogP contribution >= 0.6 is 11.3 Å². The van der Waals surface area contributed by atoms with Crippen molar-refractivity contribution in [2.75, 3.05) is 6.61 Å². The fraction of sp³-hybridized carbons (Fsp3) is 0.333. The Morgan fingerprint density at radius 1 is 1.43 bits per heavy atom. The SMILES string of the molecule is CC(C)c1nc(CNC(=O)COc2ccccc2F)cs1. The van der Waals surface area contributed by atoms with E-state index in [1.54, 1.807) is 23.5 Å². The molecule has 1 amide bonds. The number of hydrogen-bond donors (Lipinski definition) is 1. The number of ether oxygens (including phenoxy) is 1. The van der Waals surface area contributed by atoms with Gasteiger partial charge in [0.1, 0.15) is 0 Å². The molecule has 0 unspecified atom stereocenters. The van der Waals surface area contributed by atoms with E-state index in [0.717, 1.165) is 10.7 Å². The Hall–Kier alpha value is -1.95. The highest BCUT2D eigenvalue weighted by Crippen LogP contribution is 2.19. The van der Waals surface area contributed by atoms with E-state index in [9.17, 15) is 9.18 Å². The third-order valence-electron chi connectivity index (χ3n) is 2.73. The molecule has 0 saturated heterocycles. The van der Waals surface area contributed by atoms with E-state index in [1.807, 2.05) is 5.38 Å². The van der Waals surface area contributed by atoms with Gasteiger partial charge in [-0.2, -0.15) is 0 Å². The van der Waals surface area contributed by atoms with Crippen molar-refractivity contribution in [3.8, 4) is 5.75 Å². The van der Waals surface area contributed by atoms with Crippen molar-refractivity contribution < 1.29 is 13.9 Å². The summed E-state index contributed by atoms with van der Waals surface area (Å²) in [6.45, 7) is 4.28. The fourth-order valence-electron chi connectivity index (χ4n) is 1.61. The van der Waals surface area contributed by atoms with Gasteiger partial charge in [0.15, 0.2) is 18.2 Å². The zero-order valence-electron chi connectivity index (χ0n) is 11.9. The lowest BCUT2D eigenvalue weighted by molar-refractivity contribution is -0.123. The van der Waals surface area contributed by atoms with E-state index in [4.69, 9.17) is 4.74 Å². The molecule has 0 saturated carbocycles. The summed E-state index contributed by atoms with van der Waals surface area (Å²) in [5.41, 5.74) is 0.822. The van der Waals surface area contributed by atoms with Crippen molar-refractivity contribution in [3.05, 3.63) is 46.2 Å². The summed E-state index contributed by atoms with van der Waals surface area (Å²) >= 11 is 1.58. The molecule has 0 atom stereocenters. The van der Waals surface area contributed by atoms with E-state index in [2.05, 4.69) is 24.1 Å². The molecule has 0 aliphatic heterocycles. The largest absolute Gasteiger partial charge is 0.481 e. The quantitative estimate of drug-likeness (QED) is 0.892. The van der Waals surface area contributed by atoms with E-state index >= 15 is 0 Å². The monoisotopic (exact) mass is 308 g/mol. The Labute approximate surface area is 127 Å². The van der Waals surface area contributed by atoms with E-state index < -0.39 is 5.82 Å². The zero-order valence-corrected chi connectivity index (χ0v) is 12.7. The molecule has 4 nitrogen and oxygen atoms in total. The number of thiazole rings is 1. The van der Waals surface area contributed by atoms with Gasteiger partial charge in [-0.1, -0.05) is 26.0 Å². The van der Waals surface area contributed by atoms with Crippen molar-refractivity contribution in [2.24, 2.45) is 0 Å². The van der Waals surface area contributed by atoms with E-state index in [1.165, 1.54) is 12.1 Å². The average molecular weight is 308 g/mol. The van der Waals surface area contributed by atoms with Crippen LogP contribution in [0.1, 0.15) is 30.5 Å². The number of carbonyl (C=O) groups excluding carboxylic acids is 1. The van der Waals surface area contributed by atoms with Crippen LogP contribution in [0.25, 0.3) is 0 Å². The van der Waals surface area contributed by atoms with Crippen LogP contribution in [0.2, 0.25) is 0 Å². The number of aromatic nitrogens is 1. The number of carbonyl (C=O) groups is 1. The second-order valence-electron chi connectivity index (χ2n) is 4.83. The molecule has 2 aromatic rings. The number of benzene rings is 1. The molecule has 1 N–H and O–H groups in total. The molecule has 0 aliphatic carbocycles. The van der Waals surface area contributed by atoms with E-state index in [-0.39, 0.29) is 18.3 Å². The van der Waals surface area contributed by atoms with Gasteiger partial charge in [0.05, 0.1) is 17.2 Å². The van der Waals surface area contributed by atoms with Crippen LogP contribution in [0.15, 0.2) is 29.6 Å². The standard InChI is InChI=1S/C15H17FN2O2S/c1-10(2)15-18-11(9-21-15)7-17-14(19)8-20-13-6-4-3-5-12(13)16/h3-6,9-10H,7-8H2,1-2H3,(H,17,19). The molecule has 1 heterocycles. The number of halogens is 1. The predicted molar refractivity (Wildman–Crippen MR) is 79.9 cm³/mol. The molecule has 6 heteroatoms. The second kappa shape index (κ2) is 7.17. The molecule has 0 bridgehead atoms. The average Bonchev–Trinajstić information content (AvgIpc) is 2.93. The molecule has 0 spiro atoms. The molecule has 0 aliphatic rings. The number of hydrogen-bond acceptors (Lipinski definition) is 4. The minimum absolute atomic E-state index is 0.0726. The second-order valence-corrected chi connectivity index (χ2v) is 5.72. The van der Waals surface area contributed by atoms with Crippen LogP contribution in [0.4, 0.5) is 4.39 Å². The summed E-state index contributed by atoms with van der Waals surface area (Å²) in [5.74, 6) is -0.337. The Kier molecular flexibility index (Phi) is 5.27. The van der Waals surface area contributed by atoms with Gasteiger partial charge in [-0.15, -0.1) is 11.3 Å². The lowest BCUT2D eigenvalue weighted by Crippen LogP contribution is -2.28. The highest BCUT2D eigenvalue weighted by molar-refractivity contribution is 7.09. The molecular weight excluding hydrogens is 291 g/mol.